The topological polar surface area (TPSA) is 55.8 Å². The molecule has 0 aliphatic heterocycles. The molecule has 0 radical (unpaired) electrons. The van der Waals surface area contributed by atoms with Crippen LogP contribution < -0.4 is 9.47 Å². The van der Waals surface area contributed by atoms with Gasteiger partial charge in [-0.1, -0.05) is 60.7 Å². The first-order valence-electron chi connectivity index (χ1n) is 8.35. The minimum Gasteiger partial charge on any atom is -0.489 e. The highest BCUT2D eigenvalue weighted by atomic mass is 16.5. The monoisotopic (exact) mass is 348 g/mol. The molecular weight excluding hydrogens is 328 g/mol. The number of aryl methyl sites for hydroxylation is 1. The zero-order chi connectivity index (χ0) is 18.4. The smallest absolute Gasteiger partial charge is 0.339 e. The van der Waals surface area contributed by atoms with Crippen molar-refractivity contribution in [2.24, 2.45) is 0 Å². The maximum Gasteiger partial charge on any atom is 0.339 e. The van der Waals surface area contributed by atoms with Crippen LogP contribution in [0.15, 0.2) is 72.8 Å². The molecule has 0 atom stereocenters. The Hall–Kier alpha value is -3.27. The molecular formula is C22H20O4. The minimum atomic E-state index is -1.01. The van der Waals surface area contributed by atoms with E-state index in [9.17, 15) is 9.90 Å². The molecule has 0 unspecified atom stereocenters. The zero-order valence-electron chi connectivity index (χ0n) is 14.5. The van der Waals surface area contributed by atoms with Gasteiger partial charge in [0.05, 0.1) is 0 Å². The molecule has 0 heterocycles. The van der Waals surface area contributed by atoms with Crippen LogP contribution in [0.4, 0.5) is 0 Å². The van der Waals surface area contributed by atoms with E-state index in [0.717, 1.165) is 11.1 Å². The SMILES string of the molecule is Cc1cc(OCc2ccccc2)cc(OCc2ccccc2)c1C(=O)O. The molecule has 0 amide bonds. The van der Waals surface area contributed by atoms with E-state index >= 15 is 0 Å². The van der Waals surface area contributed by atoms with E-state index in [1.165, 1.54) is 0 Å². The Morgan fingerprint density at radius 3 is 1.92 bits per heavy atom. The molecule has 0 aliphatic carbocycles. The van der Waals surface area contributed by atoms with Crippen LogP contribution in [-0.4, -0.2) is 11.1 Å². The Labute approximate surface area is 152 Å². The van der Waals surface area contributed by atoms with Crippen LogP contribution in [0, 0.1) is 6.92 Å². The molecule has 132 valence electrons. The van der Waals surface area contributed by atoms with E-state index in [2.05, 4.69) is 0 Å². The fourth-order valence-corrected chi connectivity index (χ4v) is 2.67. The molecule has 0 saturated carbocycles. The average molecular weight is 348 g/mol. The number of rotatable bonds is 7. The lowest BCUT2D eigenvalue weighted by Crippen LogP contribution is -2.07. The first kappa shape index (κ1) is 17.5. The second-order valence-electron chi connectivity index (χ2n) is 5.97. The van der Waals surface area contributed by atoms with Gasteiger partial charge in [-0.05, 0) is 29.7 Å². The molecule has 0 fully saturated rings. The summed E-state index contributed by atoms with van der Waals surface area (Å²) in [5.41, 5.74) is 2.77. The standard InChI is InChI=1S/C22H20O4/c1-16-12-19(25-14-17-8-4-2-5-9-17)13-20(21(16)22(23)24)26-15-18-10-6-3-7-11-18/h2-13H,14-15H2,1H3,(H,23,24). The average Bonchev–Trinajstić information content (AvgIpc) is 2.66. The van der Waals surface area contributed by atoms with Crippen LogP contribution in [0.2, 0.25) is 0 Å². The van der Waals surface area contributed by atoms with Gasteiger partial charge in [-0.3, -0.25) is 0 Å². The third-order valence-corrected chi connectivity index (χ3v) is 3.97. The number of carbonyl (C=O) groups is 1. The Balaban J connectivity index is 1.80. The zero-order valence-corrected chi connectivity index (χ0v) is 14.5. The Bertz CT molecular complexity index is 873. The van der Waals surface area contributed by atoms with Crippen LogP contribution in [0.25, 0.3) is 0 Å². The molecule has 0 aromatic heterocycles. The largest absolute Gasteiger partial charge is 0.489 e. The number of benzene rings is 3. The molecule has 3 rings (SSSR count). The lowest BCUT2D eigenvalue weighted by molar-refractivity contribution is 0.0691. The van der Waals surface area contributed by atoms with E-state index in [1.807, 2.05) is 60.7 Å². The molecule has 4 heteroatoms. The van der Waals surface area contributed by atoms with Gasteiger partial charge in [-0.2, -0.15) is 0 Å². The summed E-state index contributed by atoms with van der Waals surface area (Å²) in [7, 11) is 0. The van der Waals surface area contributed by atoms with Crippen molar-refractivity contribution in [3.8, 4) is 11.5 Å². The van der Waals surface area contributed by atoms with Crippen molar-refractivity contribution in [1.29, 1.82) is 0 Å². The molecule has 26 heavy (non-hydrogen) atoms. The highest BCUT2D eigenvalue weighted by Gasteiger charge is 2.17. The third-order valence-electron chi connectivity index (χ3n) is 3.97. The van der Waals surface area contributed by atoms with Gasteiger partial charge in [-0.15, -0.1) is 0 Å². The summed E-state index contributed by atoms with van der Waals surface area (Å²) in [5.74, 6) is -0.121. The van der Waals surface area contributed by atoms with Gasteiger partial charge in [0.25, 0.3) is 0 Å². The molecule has 0 bridgehead atoms. The first-order valence-corrected chi connectivity index (χ1v) is 8.35. The number of aromatic carboxylic acids is 1. The van der Waals surface area contributed by atoms with Crippen LogP contribution in [-0.2, 0) is 13.2 Å². The number of carboxylic acid groups (broad SMARTS) is 1. The van der Waals surface area contributed by atoms with E-state index in [0.29, 0.717) is 30.3 Å². The van der Waals surface area contributed by atoms with Crippen LogP contribution in [0.5, 0.6) is 11.5 Å². The highest BCUT2D eigenvalue weighted by molar-refractivity contribution is 5.93. The van der Waals surface area contributed by atoms with Crippen molar-refractivity contribution >= 4 is 5.97 Å². The fourth-order valence-electron chi connectivity index (χ4n) is 2.67. The summed E-state index contributed by atoms with van der Waals surface area (Å²) in [6, 6.07) is 22.8. The number of carboxylic acids is 1. The molecule has 3 aromatic carbocycles. The maximum absolute atomic E-state index is 11.6. The van der Waals surface area contributed by atoms with Gasteiger partial charge in [-0.25, -0.2) is 4.79 Å². The summed E-state index contributed by atoms with van der Waals surface area (Å²) in [5, 5.41) is 9.52. The fraction of sp³-hybridized carbons (Fsp3) is 0.136. The normalized spacial score (nSPS) is 10.3. The first-order chi connectivity index (χ1) is 12.6. The van der Waals surface area contributed by atoms with Crippen molar-refractivity contribution in [2.45, 2.75) is 20.1 Å². The van der Waals surface area contributed by atoms with Gasteiger partial charge in [0.1, 0.15) is 30.3 Å². The summed E-state index contributed by atoms with van der Waals surface area (Å²) in [6.07, 6.45) is 0. The van der Waals surface area contributed by atoms with Crippen LogP contribution in [0.3, 0.4) is 0 Å². The van der Waals surface area contributed by atoms with Gasteiger partial charge in [0.15, 0.2) is 0 Å². The quantitative estimate of drug-likeness (QED) is 0.663. The lowest BCUT2D eigenvalue weighted by Gasteiger charge is -2.14. The molecule has 0 saturated heterocycles. The van der Waals surface area contributed by atoms with Gasteiger partial charge >= 0.3 is 5.97 Å². The summed E-state index contributed by atoms with van der Waals surface area (Å²) >= 11 is 0. The second-order valence-corrected chi connectivity index (χ2v) is 5.97. The highest BCUT2D eigenvalue weighted by Crippen LogP contribution is 2.30. The Morgan fingerprint density at radius 1 is 0.846 bits per heavy atom. The number of hydrogen-bond donors (Lipinski definition) is 1. The van der Waals surface area contributed by atoms with Crippen molar-refractivity contribution in [3.05, 3.63) is 95.1 Å². The van der Waals surface area contributed by atoms with E-state index in [-0.39, 0.29) is 5.56 Å². The summed E-state index contributed by atoms with van der Waals surface area (Å²) < 4.78 is 11.6. The summed E-state index contributed by atoms with van der Waals surface area (Å²) in [4.78, 5) is 11.6. The van der Waals surface area contributed by atoms with Crippen LogP contribution >= 0.6 is 0 Å². The van der Waals surface area contributed by atoms with Gasteiger partial charge in [0, 0.05) is 6.07 Å². The summed E-state index contributed by atoms with van der Waals surface area (Å²) in [6.45, 7) is 2.45. The van der Waals surface area contributed by atoms with Gasteiger partial charge < -0.3 is 14.6 Å². The molecule has 3 aromatic rings. The van der Waals surface area contributed by atoms with Crippen molar-refractivity contribution < 1.29 is 19.4 Å². The number of hydrogen-bond acceptors (Lipinski definition) is 3. The molecule has 0 aliphatic rings. The molecule has 0 spiro atoms. The van der Waals surface area contributed by atoms with Crippen molar-refractivity contribution in [3.63, 3.8) is 0 Å². The maximum atomic E-state index is 11.6. The predicted octanol–water partition coefficient (Wildman–Crippen LogP) is 4.85. The predicted molar refractivity (Wildman–Crippen MR) is 99.7 cm³/mol. The van der Waals surface area contributed by atoms with E-state index in [1.54, 1.807) is 19.1 Å². The second kappa shape index (κ2) is 8.21. The van der Waals surface area contributed by atoms with E-state index in [4.69, 9.17) is 9.47 Å². The Morgan fingerprint density at radius 2 is 1.38 bits per heavy atom. The van der Waals surface area contributed by atoms with Crippen molar-refractivity contribution in [2.75, 3.05) is 0 Å². The third kappa shape index (κ3) is 4.42. The van der Waals surface area contributed by atoms with E-state index < -0.39 is 5.97 Å². The lowest BCUT2D eigenvalue weighted by atomic mass is 10.1. The minimum absolute atomic E-state index is 0.160. The number of ether oxygens (including phenoxy) is 2. The van der Waals surface area contributed by atoms with Crippen molar-refractivity contribution in [1.82, 2.24) is 0 Å². The molecule has 4 nitrogen and oxygen atoms in total. The molecule has 1 N–H and O–H groups in total. The Kier molecular flexibility index (Phi) is 5.54. The van der Waals surface area contributed by atoms with Gasteiger partial charge in [0.2, 0.25) is 0 Å². The van der Waals surface area contributed by atoms with Crippen LogP contribution in [0.1, 0.15) is 27.0 Å².